The van der Waals surface area contributed by atoms with E-state index in [1.807, 2.05) is 242 Å². The number of nitrogens with zero attached hydrogens (tertiary/aromatic N) is 15. The first kappa shape index (κ1) is 91.0. The fourth-order valence-corrected chi connectivity index (χ4v) is 17.1. The Bertz CT molecular complexity index is 8260. The number of methoxy groups -OCH3 is 1. The standard InChI is InChI=1S/C27H18ClN3O.C25H18ClN3O.C22H20ClN3O.C19H14ClN3O.C17H18ClN3O2/c1-16-12-22(26-20-8-4-2-6-17(20)14-18-7-3-5-9-21(18)26)27(32)25(13-16)31-29-23-11-10-19(28)15-24(23)30-31;1-16-13-21(20-10-6-5-9-19(20)17-7-3-2-4-8-17)25(30)24(14-16)29-27-22-12-11-18(26)15-23(22)28-29;1-22(2,3)15-11-17(14-7-5-4-6-8-14)21(27)20(12-15)26-24-18-10-9-16(23)13-19(18)25-26;1-12-9-15(13-5-3-2-4-6-13)19(24)18(10-12)23-21-16-8-7-14(20)11-17(16)22-23;1-17(2,3)12-8-11(23-4)9-15(16(12)22)21-19-13-6-5-10(18)7-14(13)20-21/h2-15,32H,1H3;2-15,30H,1H3;4-13,27H,1-3H3;2-11,24H,1H3;5-9,22H,1-4H3. The molecule has 0 fully saturated rings. The first-order chi connectivity index (χ1) is 65.4. The van der Waals surface area contributed by atoms with Gasteiger partial charge in [0.25, 0.3) is 0 Å². The molecular weight excluding hydrogens is 1800 g/mol. The Hall–Kier alpha value is -15.5. The summed E-state index contributed by atoms with van der Waals surface area (Å²) in [5, 5.41) is 108. The molecule has 136 heavy (non-hydrogen) atoms. The van der Waals surface area contributed by atoms with Gasteiger partial charge in [-0.1, -0.05) is 263 Å². The second kappa shape index (κ2) is 37.9. The molecule has 0 saturated carbocycles. The van der Waals surface area contributed by atoms with Crippen LogP contribution in [-0.2, 0) is 10.8 Å². The van der Waals surface area contributed by atoms with Crippen LogP contribution >= 0.6 is 58.0 Å². The highest BCUT2D eigenvalue weighted by Gasteiger charge is 2.28. The Morgan fingerprint density at radius 1 is 0.250 bits per heavy atom. The molecule has 0 bridgehead atoms. The number of rotatable bonds is 11. The third-order valence-electron chi connectivity index (χ3n) is 23.1. The smallest absolute Gasteiger partial charge is 0.150 e. The lowest BCUT2D eigenvalue weighted by molar-refractivity contribution is 0.403. The lowest BCUT2D eigenvalue weighted by Gasteiger charge is -2.22. The van der Waals surface area contributed by atoms with Gasteiger partial charge in [0.2, 0.25) is 0 Å². The summed E-state index contributed by atoms with van der Waals surface area (Å²) < 4.78 is 5.36. The van der Waals surface area contributed by atoms with E-state index in [1.165, 1.54) is 24.0 Å². The van der Waals surface area contributed by atoms with E-state index in [9.17, 15) is 25.5 Å². The van der Waals surface area contributed by atoms with Crippen LogP contribution in [0.2, 0.25) is 25.1 Å². The molecule has 0 unspecified atom stereocenters. The van der Waals surface area contributed by atoms with Crippen LogP contribution in [-0.4, -0.2) is 108 Å². The number of aromatic hydroxyl groups is 5. The number of halogens is 5. The van der Waals surface area contributed by atoms with Crippen molar-refractivity contribution in [3.63, 3.8) is 0 Å². The number of aryl methyl sites for hydroxylation is 3. The Labute approximate surface area is 807 Å². The maximum absolute atomic E-state index is 11.5. The van der Waals surface area contributed by atoms with Crippen molar-refractivity contribution in [2.45, 2.75) is 73.1 Å². The van der Waals surface area contributed by atoms with Gasteiger partial charge in [-0.05, 0) is 255 Å². The molecule has 17 aromatic carbocycles. The van der Waals surface area contributed by atoms with Gasteiger partial charge in [-0.3, -0.25) is 0 Å². The molecule has 22 aromatic rings. The van der Waals surface area contributed by atoms with Crippen molar-refractivity contribution < 1.29 is 30.3 Å². The zero-order chi connectivity index (χ0) is 95.1. The van der Waals surface area contributed by atoms with Crippen molar-refractivity contribution in [2.75, 3.05) is 7.11 Å². The summed E-state index contributed by atoms with van der Waals surface area (Å²) in [4.78, 5) is 7.31. The van der Waals surface area contributed by atoms with Crippen LogP contribution in [0.15, 0.2) is 322 Å². The van der Waals surface area contributed by atoms with Gasteiger partial charge in [0, 0.05) is 64.6 Å². The van der Waals surface area contributed by atoms with E-state index in [1.54, 1.807) is 79.9 Å². The van der Waals surface area contributed by atoms with Crippen molar-refractivity contribution in [3.05, 3.63) is 374 Å². The quantitative estimate of drug-likeness (QED) is 0.0754. The molecule has 0 atom stereocenters. The van der Waals surface area contributed by atoms with Crippen molar-refractivity contribution in [2.24, 2.45) is 0 Å². The summed E-state index contributed by atoms with van der Waals surface area (Å²) in [6.07, 6.45) is 0. The topological polar surface area (TPSA) is 264 Å². The van der Waals surface area contributed by atoms with Crippen LogP contribution in [0.25, 0.3) is 161 Å². The zero-order valence-electron chi connectivity index (χ0n) is 75.3. The fourth-order valence-electron chi connectivity index (χ4n) is 16.3. The number of phenols is 5. The number of hydrogen-bond acceptors (Lipinski definition) is 16. The molecule has 21 nitrogen and oxygen atoms in total. The predicted molar refractivity (Wildman–Crippen MR) is 548 cm³/mol. The maximum atomic E-state index is 11.5. The monoisotopic (exact) mass is 1890 g/mol. The van der Waals surface area contributed by atoms with Crippen LogP contribution in [0, 0.1) is 20.8 Å². The molecule has 0 radical (unpaired) electrons. The molecule has 26 heteroatoms. The lowest BCUT2D eigenvalue weighted by atomic mass is 9.84. The van der Waals surface area contributed by atoms with Gasteiger partial charge in [-0.15, -0.1) is 75.0 Å². The first-order valence-electron chi connectivity index (χ1n) is 43.5. The summed E-state index contributed by atoms with van der Waals surface area (Å²) in [6, 6.07) is 102. The molecule has 0 aliphatic carbocycles. The van der Waals surface area contributed by atoms with Crippen LogP contribution in [0.3, 0.4) is 0 Å². The predicted octanol–water partition coefficient (Wildman–Crippen LogP) is 28.1. The highest BCUT2D eigenvalue weighted by atomic mass is 35.5. The van der Waals surface area contributed by atoms with Crippen LogP contribution in [0.4, 0.5) is 0 Å². The minimum Gasteiger partial charge on any atom is -0.505 e. The molecule has 0 amide bonds. The van der Waals surface area contributed by atoms with Crippen LogP contribution in [0.1, 0.15) is 69.4 Å². The van der Waals surface area contributed by atoms with Crippen molar-refractivity contribution in [3.8, 4) is 119 Å². The summed E-state index contributed by atoms with van der Waals surface area (Å²) in [5.41, 5.74) is 23.1. The van der Waals surface area contributed by atoms with E-state index in [4.69, 9.17) is 62.7 Å². The summed E-state index contributed by atoms with van der Waals surface area (Å²) in [6.45, 7) is 18.5. The number of aromatic nitrogens is 15. The molecular formula is C110H88Cl5N15O6. The Morgan fingerprint density at radius 2 is 0.544 bits per heavy atom. The Balaban J connectivity index is 0.000000114. The fraction of sp³-hybridized carbons (Fsp3) is 0.109. The first-order valence-corrected chi connectivity index (χ1v) is 45.4. The third kappa shape index (κ3) is 19.1. The van der Waals surface area contributed by atoms with E-state index in [2.05, 4.69) is 120 Å². The van der Waals surface area contributed by atoms with E-state index in [0.717, 1.165) is 116 Å². The largest absolute Gasteiger partial charge is 0.505 e. The van der Waals surface area contributed by atoms with Gasteiger partial charge in [-0.25, -0.2) is 0 Å². The number of ether oxygens (including phenoxy) is 1. The molecule has 674 valence electrons. The van der Waals surface area contributed by atoms with E-state index < -0.39 is 0 Å². The Kier molecular flexibility index (Phi) is 25.4. The SMILES string of the molecule is CC(C)(C)c1cc(-c2ccccc2)c(O)c(-n2nc3ccc(Cl)cc3n2)c1.COc1cc(-n2nc3ccc(Cl)cc3n2)c(O)c(C(C)(C)C)c1.Cc1cc(-c2c3ccccc3cc3ccccc23)c(O)c(-n2nc3ccc(Cl)cc3n2)c1.Cc1cc(-c2ccccc2)c(O)c(-n2nc3ccc(Cl)cc3n2)c1.Cc1cc(-c2ccccc2-c2ccccc2)c(O)c(-n2nc3ccc(Cl)cc3n2)c1. The molecule has 5 aromatic heterocycles. The second-order valence-electron chi connectivity index (χ2n) is 34.9. The van der Waals surface area contributed by atoms with Gasteiger partial charge in [0.1, 0.15) is 95.1 Å². The van der Waals surface area contributed by atoms with E-state index >= 15 is 0 Å². The lowest BCUT2D eigenvalue weighted by Crippen LogP contribution is -2.13. The minimum absolute atomic E-state index is 0.0954. The van der Waals surface area contributed by atoms with Gasteiger partial charge in [0.05, 0.1) is 7.11 Å². The number of phenolic OH excluding ortho intramolecular Hbond substituents is 5. The van der Waals surface area contributed by atoms with Crippen molar-refractivity contribution in [1.82, 2.24) is 75.0 Å². The average molecular weight is 1890 g/mol. The average Bonchev–Trinajstić information content (AvgIpc) is 0.832. The normalized spacial score (nSPS) is 11.5. The summed E-state index contributed by atoms with van der Waals surface area (Å²) >= 11 is 30.3. The molecule has 0 aliphatic heterocycles. The summed E-state index contributed by atoms with van der Waals surface area (Å²) in [5.74, 6) is 1.37. The van der Waals surface area contributed by atoms with Gasteiger partial charge < -0.3 is 30.3 Å². The Morgan fingerprint density at radius 3 is 0.912 bits per heavy atom. The number of benzene rings is 17. The van der Waals surface area contributed by atoms with Gasteiger partial charge in [-0.2, -0.15) is 0 Å². The summed E-state index contributed by atoms with van der Waals surface area (Å²) in [7, 11) is 1.59. The number of fused-ring (bicyclic) bond motifs is 7. The molecule has 22 rings (SSSR count). The zero-order valence-corrected chi connectivity index (χ0v) is 79.1. The second-order valence-corrected chi connectivity index (χ2v) is 37.1. The third-order valence-corrected chi connectivity index (χ3v) is 24.2. The van der Waals surface area contributed by atoms with Crippen molar-refractivity contribution >= 4 is 135 Å². The molecule has 5 N–H and O–H groups in total. The highest BCUT2D eigenvalue weighted by molar-refractivity contribution is 6.32. The van der Waals surface area contributed by atoms with E-state index in [0.29, 0.717) is 103 Å². The molecule has 5 heterocycles. The van der Waals surface area contributed by atoms with Gasteiger partial charge >= 0.3 is 0 Å². The van der Waals surface area contributed by atoms with Gasteiger partial charge in [0.15, 0.2) is 23.0 Å². The minimum atomic E-state index is -0.247. The number of hydrogen-bond donors (Lipinski definition) is 5. The molecule has 0 aliphatic rings. The maximum Gasteiger partial charge on any atom is 0.150 e. The van der Waals surface area contributed by atoms with Crippen LogP contribution < -0.4 is 4.74 Å². The molecule has 0 spiro atoms. The van der Waals surface area contributed by atoms with Crippen LogP contribution in [0.5, 0.6) is 34.5 Å². The molecule has 0 saturated heterocycles. The van der Waals surface area contributed by atoms with Crippen molar-refractivity contribution in [1.29, 1.82) is 0 Å². The highest BCUT2D eigenvalue weighted by Crippen LogP contribution is 2.47. The van der Waals surface area contributed by atoms with E-state index in [-0.39, 0.29) is 39.6 Å².